The molecule has 1 heterocycles. The van der Waals surface area contributed by atoms with Gasteiger partial charge in [-0.25, -0.2) is 4.98 Å². The largest absolute Gasteiger partial charge is 0.493 e. The van der Waals surface area contributed by atoms with E-state index in [1.807, 2.05) is 81.5 Å². The lowest BCUT2D eigenvalue weighted by Crippen LogP contribution is -2.31. The Labute approximate surface area is 181 Å². The van der Waals surface area contributed by atoms with Crippen molar-refractivity contribution in [2.24, 2.45) is 0 Å². The average molecular weight is 423 g/mol. The van der Waals surface area contributed by atoms with Crippen LogP contribution in [0.1, 0.15) is 36.0 Å². The Balaban J connectivity index is 1.62. The van der Waals surface area contributed by atoms with Crippen LogP contribution in [-0.2, 0) is 4.79 Å². The molecule has 0 aliphatic heterocycles. The Morgan fingerprint density at radius 2 is 1.97 bits per heavy atom. The van der Waals surface area contributed by atoms with Crippen LogP contribution in [-0.4, -0.2) is 24.6 Å². The molecule has 1 amide bonds. The summed E-state index contributed by atoms with van der Waals surface area (Å²) in [6.45, 7) is 5.79. The molecule has 1 N–H and O–H groups in total. The topological polar surface area (TPSA) is 60.5 Å². The molecular formula is C24H26N2O3S. The van der Waals surface area contributed by atoms with Gasteiger partial charge in [-0.2, -0.15) is 0 Å². The molecule has 0 bridgehead atoms. The number of carbonyl (C=O) groups excluding carboxylic acids is 1. The molecule has 1 aromatic heterocycles. The first-order valence-electron chi connectivity index (χ1n) is 9.77. The Hall–Kier alpha value is -3.12. The zero-order valence-corrected chi connectivity index (χ0v) is 18.5. The van der Waals surface area contributed by atoms with Crippen molar-refractivity contribution in [3.8, 4) is 22.1 Å². The number of rotatable bonds is 8. The summed E-state index contributed by atoms with van der Waals surface area (Å²) in [7, 11) is 1.58. The number of hydrogen-bond acceptors (Lipinski definition) is 5. The number of carbonyl (C=O) groups is 1. The minimum atomic E-state index is -0.198. The Morgan fingerprint density at radius 1 is 1.20 bits per heavy atom. The quantitative estimate of drug-likeness (QED) is 0.527. The molecule has 0 radical (unpaired) electrons. The van der Waals surface area contributed by atoms with Gasteiger partial charge in [-0.3, -0.25) is 4.79 Å². The van der Waals surface area contributed by atoms with Gasteiger partial charge in [0.2, 0.25) is 0 Å². The monoisotopic (exact) mass is 422 g/mol. The third kappa shape index (κ3) is 5.27. The summed E-state index contributed by atoms with van der Waals surface area (Å²) >= 11 is 1.60. The second kappa shape index (κ2) is 10.1. The molecule has 0 spiro atoms. The fraction of sp³-hybridized carbons (Fsp3) is 0.250. The second-order valence-electron chi connectivity index (χ2n) is 6.82. The van der Waals surface area contributed by atoms with E-state index in [0.29, 0.717) is 11.5 Å². The number of nitrogens with one attached hydrogen (secondary N) is 1. The molecule has 3 aromatic rings. The van der Waals surface area contributed by atoms with Gasteiger partial charge >= 0.3 is 0 Å². The summed E-state index contributed by atoms with van der Waals surface area (Å²) in [4.78, 5) is 18.2. The number of benzene rings is 2. The van der Waals surface area contributed by atoms with Crippen LogP contribution < -0.4 is 14.8 Å². The molecule has 0 aliphatic carbocycles. The first kappa shape index (κ1) is 21.6. The number of amides is 1. The SMILES string of the molecule is C/C=C/c1ccc(OCC(=O)NC(C)c2sc(-c3ccccc3)nc2C)c(OC)c1. The number of methoxy groups -OCH3 is 1. The Morgan fingerprint density at radius 3 is 2.67 bits per heavy atom. The number of ether oxygens (including phenoxy) is 2. The number of aromatic nitrogens is 1. The normalized spacial score (nSPS) is 12.0. The molecular weight excluding hydrogens is 396 g/mol. The third-order valence-corrected chi connectivity index (χ3v) is 5.92. The number of thiazole rings is 1. The highest BCUT2D eigenvalue weighted by molar-refractivity contribution is 7.15. The van der Waals surface area contributed by atoms with Gasteiger partial charge in [-0.1, -0.05) is 48.6 Å². The minimum Gasteiger partial charge on any atom is -0.493 e. The lowest BCUT2D eigenvalue weighted by atomic mass is 10.2. The van der Waals surface area contributed by atoms with Gasteiger partial charge < -0.3 is 14.8 Å². The number of hydrogen-bond donors (Lipinski definition) is 1. The molecule has 2 aromatic carbocycles. The van der Waals surface area contributed by atoms with Crippen molar-refractivity contribution in [3.05, 3.63) is 70.7 Å². The summed E-state index contributed by atoms with van der Waals surface area (Å²) in [5, 5.41) is 3.95. The van der Waals surface area contributed by atoms with Crippen LogP contribution in [0.15, 0.2) is 54.6 Å². The summed E-state index contributed by atoms with van der Waals surface area (Å²) in [5.74, 6) is 0.933. The van der Waals surface area contributed by atoms with E-state index in [0.717, 1.165) is 26.7 Å². The minimum absolute atomic E-state index is 0.0902. The van der Waals surface area contributed by atoms with Crippen molar-refractivity contribution >= 4 is 23.3 Å². The van der Waals surface area contributed by atoms with Crippen LogP contribution in [0.5, 0.6) is 11.5 Å². The zero-order chi connectivity index (χ0) is 21.5. The maximum Gasteiger partial charge on any atom is 0.258 e. The second-order valence-corrected chi connectivity index (χ2v) is 7.85. The van der Waals surface area contributed by atoms with Crippen molar-refractivity contribution < 1.29 is 14.3 Å². The number of aryl methyl sites for hydroxylation is 1. The van der Waals surface area contributed by atoms with Crippen molar-refractivity contribution in [2.45, 2.75) is 26.8 Å². The number of allylic oxidation sites excluding steroid dienone is 1. The van der Waals surface area contributed by atoms with Gasteiger partial charge in [0.15, 0.2) is 18.1 Å². The van der Waals surface area contributed by atoms with Crippen LogP contribution >= 0.6 is 11.3 Å². The van der Waals surface area contributed by atoms with Crippen molar-refractivity contribution in [2.75, 3.05) is 13.7 Å². The maximum atomic E-state index is 12.5. The van der Waals surface area contributed by atoms with Gasteiger partial charge in [0, 0.05) is 5.56 Å². The fourth-order valence-electron chi connectivity index (χ4n) is 3.11. The molecule has 5 nitrogen and oxygen atoms in total. The van der Waals surface area contributed by atoms with Crippen LogP contribution in [0.25, 0.3) is 16.6 Å². The van der Waals surface area contributed by atoms with Gasteiger partial charge in [0.05, 0.1) is 23.7 Å². The molecule has 0 aliphatic rings. The van der Waals surface area contributed by atoms with Gasteiger partial charge in [0.25, 0.3) is 5.91 Å². The van der Waals surface area contributed by atoms with Crippen molar-refractivity contribution in [1.82, 2.24) is 10.3 Å². The Bertz CT molecular complexity index is 1030. The molecule has 1 atom stereocenters. The Kier molecular flexibility index (Phi) is 7.25. The van der Waals surface area contributed by atoms with Crippen LogP contribution in [0, 0.1) is 6.92 Å². The molecule has 6 heteroatoms. The van der Waals surface area contributed by atoms with E-state index >= 15 is 0 Å². The van der Waals surface area contributed by atoms with E-state index in [9.17, 15) is 4.79 Å². The first-order chi connectivity index (χ1) is 14.5. The average Bonchev–Trinajstić information content (AvgIpc) is 3.15. The van der Waals surface area contributed by atoms with Crippen molar-refractivity contribution in [1.29, 1.82) is 0 Å². The molecule has 30 heavy (non-hydrogen) atoms. The lowest BCUT2D eigenvalue weighted by Gasteiger charge is -2.15. The molecule has 156 valence electrons. The van der Waals surface area contributed by atoms with Crippen LogP contribution in [0.3, 0.4) is 0 Å². The molecule has 3 rings (SSSR count). The smallest absolute Gasteiger partial charge is 0.258 e. The standard InChI is InChI=1S/C24H26N2O3S/c1-5-9-18-12-13-20(21(14-18)28-4)29-15-22(27)25-16(2)23-17(3)26-24(30-23)19-10-7-6-8-11-19/h5-14,16H,15H2,1-4H3,(H,25,27)/b9-5+. The third-order valence-electron chi connectivity index (χ3n) is 4.53. The summed E-state index contributed by atoms with van der Waals surface area (Å²) in [5.41, 5.74) is 3.01. The van der Waals surface area contributed by atoms with Crippen molar-refractivity contribution in [3.63, 3.8) is 0 Å². The molecule has 1 unspecified atom stereocenters. The van der Waals surface area contributed by atoms with E-state index in [2.05, 4.69) is 10.3 Å². The van der Waals surface area contributed by atoms with E-state index in [4.69, 9.17) is 9.47 Å². The van der Waals surface area contributed by atoms with Gasteiger partial charge in [0.1, 0.15) is 5.01 Å². The fourth-order valence-corrected chi connectivity index (χ4v) is 4.18. The van der Waals surface area contributed by atoms with E-state index in [-0.39, 0.29) is 18.6 Å². The van der Waals surface area contributed by atoms with E-state index in [1.54, 1.807) is 18.4 Å². The zero-order valence-electron chi connectivity index (χ0n) is 17.6. The first-order valence-corrected chi connectivity index (χ1v) is 10.6. The predicted octanol–water partition coefficient (Wildman–Crippen LogP) is 5.42. The predicted molar refractivity (Wildman–Crippen MR) is 122 cm³/mol. The maximum absolute atomic E-state index is 12.5. The summed E-state index contributed by atoms with van der Waals surface area (Å²) < 4.78 is 11.1. The highest BCUT2D eigenvalue weighted by atomic mass is 32.1. The van der Waals surface area contributed by atoms with Crippen LogP contribution in [0.2, 0.25) is 0 Å². The van der Waals surface area contributed by atoms with E-state index < -0.39 is 0 Å². The molecule has 0 fully saturated rings. The highest BCUT2D eigenvalue weighted by Crippen LogP contribution is 2.32. The summed E-state index contributed by atoms with van der Waals surface area (Å²) in [6.07, 6.45) is 3.93. The lowest BCUT2D eigenvalue weighted by molar-refractivity contribution is -0.123. The van der Waals surface area contributed by atoms with Gasteiger partial charge in [-0.05, 0) is 38.5 Å². The van der Waals surface area contributed by atoms with Crippen LogP contribution in [0.4, 0.5) is 0 Å². The number of nitrogens with zero attached hydrogens (tertiary/aromatic N) is 1. The molecule has 0 saturated carbocycles. The highest BCUT2D eigenvalue weighted by Gasteiger charge is 2.18. The molecule has 0 saturated heterocycles. The van der Waals surface area contributed by atoms with E-state index in [1.165, 1.54) is 0 Å². The van der Waals surface area contributed by atoms with Gasteiger partial charge in [-0.15, -0.1) is 11.3 Å². The summed E-state index contributed by atoms with van der Waals surface area (Å²) in [6, 6.07) is 15.5.